The molecule has 0 fully saturated rings. The molecule has 0 atom stereocenters. The summed E-state index contributed by atoms with van der Waals surface area (Å²) in [4.78, 5) is 0. The van der Waals surface area contributed by atoms with E-state index in [1.807, 2.05) is 0 Å². The maximum atomic E-state index is 13.4. The van der Waals surface area contributed by atoms with Gasteiger partial charge in [0.15, 0.2) is 0 Å². The molecular weight excluding hydrogens is 191 g/mol. The molecule has 0 heterocycles. The van der Waals surface area contributed by atoms with E-state index in [0.29, 0.717) is 6.42 Å². The van der Waals surface area contributed by atoms with Crippen LogP contribution in [0.25, 0.3) is 0 Å². The molecule has 14 heavy (non-hydrogen) atoms. The second-order valence-corrected chi connectivity index (χ2v) is 3.04. The van der Waals surface area contributed by atoms with Crippen LogP contribution in [0.15, 0.2) is 18.2 Å². The number of rotatable bonds is 3. The van der Waals surface area contributed by atoms with E-state index < -0.39 is 23.8 Å². The lowest BCUT2D eigenvalue weighted by Gasteiger charge is -2.16. The van der Waals surface area contributed by atoms with Gasteiger partial charge in [-0.3, -0.25) is 0 Å². The highest BCUT2D eigenvalue weighted by atomic mass is 19.3. The number of hydrogen-bond acceptors (Lipinski definition) is 1. The Balaban J connectivity index is 3.22. The number of aryl methyl sites for hydroxylation is 1. The van der Waals surface area contributed by atoms with Crippen molar-refractivity contribution in [2.24, 2.45) is 5.73 Å². The second kappa shape index (κ2) is 4.00. The molecule has 1 aromatic carbocycles. The fourth-order valence-corrected chi connectivity index (χ4v) is 1.25. The molecule has 0 spiro atoms. The minimum Gasteiger partial charge on any atom is -0.325 e. The molecule has 0 saturated carbocycles. The number of hydrogen-bond donors (Lipinski definition) is 1. The van der Waals surface area contributed by atoms with E-state index >= 15 is 0 Å². The van der Waals surface area contributed by atoms with Crippen molar-refractivity contribution in [3.63, 3.8) is 0 Å². The van der Waals surface area contributed by atoms with Gasteiger partial charge in [-0.2, -0.15) is 8.78 Å². The van der Waals surface area contributed by atoms with Crippen LogP contribution < -0.4 is 5.73 Å². The monoisotopic (exact) mass is 203 g/mol. The lowest BCUT2D eigenvalue weighted by molar-refractivity contribution is 0.00224. The third kappa shape index (κ3) is 1.90. The number of halogens is 3. The maximum Gasteiger partial charge on any atom is 0.288 e. The zero-order valence-corrected chi connectivity index (χ0v) is 7.86. The van der Waals surface area contributed by atoms with Crippen molar-refractivity contribution in [2.75, 3.05) is 6.54 Å². The summed E-state index contributed by atoms with van der Waals surface area (Å²) in [7, 11) is 0. The minimum atomic E-state index is -3.28. The minimum absolute atomic E-state index is 0.288. The first-order chi connectivity index (χ1) is 6.53. The van der Waals surface area contributed by atoms with Gasteiger partial charge >= 0.3 is 0 Å². The van der Waals surface area contributed by atoms with Gasteiger partial charge in [0.05, 0.1) is 12.1 Å². The van der Waals surface area contributed by atoms with Gasteiger partial charge in [0, 0.05) is 0 Å². The molecule has 78 valence electrons. The zero-order valence-electron chi connectivity index (χ0n) is 7.86. The van der Waals surface area contributed by atoms with Crippen molar-refractivity contribution in [1.82, 2.24) is 0 Å². The van der Waals surface area contributed by atoms with Crippen LogP contribution in [0.2, 0.25) is 0 Å². The quantitative estimate of drug-likeness (QED) is 0.802. The smallest absolute Gasteiger partial charge is 0.288 e. The Hall–Kier alpha value is -1.03. The summed E-state index contributed by atoms with van der Waals surface area (Å²) in [6.45, 7) is 0.833. The van der Waals surface area contributed by atoms with Gasteiger partial charge < -0.3 is 5.73 Å². The summed E-state index contributed by atoms with van der Waals surface area (Å²) in [5, 5.41) is 0. The van der Waals surface area contributed by atoms with Crippen LogP contribution in [0.1, 0.15) is 18.1 Å². The molecule has 0 amide bonds. The largest absolute Gasteiger partial charge is 0.325 e. The van der Waals surface area contributed by atoms with Crippen molar-refractivity contribution in [3.8, 4) is 0 Å². The van der Waals surface area contributed by atoms with Crippen molar-refractivity contribution in [2.45, 2.75) is 19.3 Å². The molecule has 2 N–H and O–H groups in total. The number of alkyl halides is 2. The van der Waals surface area contributed by atoms with Crippen LogP contribution in [-0.4, -0.2) is 6.54 Å². The van der Waals surface area contributed by atoms with Crippen LogP contribution >= 0.6 is 0 Å². The lowest BCUT2D eigenvalue weighted by Crippen LogP contribution is -2.26. The molecule has 1 aromatic rings. The summed E-state index contributed by atoms with van der Waals surface area (Å²) in [6.07, 6.45) is 0.389. The SMILES string of the molecule is CCc1cccc(C(F)(F)CN)c1F. The van der Waals surface area contributed by atoms with Crippen LogP contribution in [-0.2, 0) is 12.3 Å². The summed E-state index contributed by atoms with van der Waals surface area (Å²) in [5.41, 5.74) is 4.56. The molecule has 4 heteroatoms. The van der Waals surface area contributed by atoms with E-state index in [9.17, 15) is 13.2 Å². The van der Waals surface area contributed by atoms with Crippen LogP contribution in [0.4, 0.5) is 13.2 Å². The highest BCUT2D eigenvalue weighted by Gasteiger charge is 2.33. The Morgan fingerprint density at radius 3 is 2.50 bits per heavy atom. The van der Waals surface area contributed by atoms with Gasteiger partial charge in [0.25, 0.3) is 5.92 Å². The maximum absolute atomic E-state index is 13.4. The first kappa shape index (κ1) is 11.0. The Bertz CT molecular complexity index is 323. The van der Waals surface area contributed by atoms with Gasteiger partial charge in [-0.25, -0.2) is 4.39 Å². The van der Waals surface area contributed by atoms with Crippen molar-refractivity contribution < 1.29 is 13.2 Å². The van der Waals surface area contributed by atoms with E-state index in [-0.39, 0.29) is 5.56 Å². The fraction of sp³-hybridized carbons (Fsp3) is 0.400. The molecular formula is C10H12F3N. The topological polar surface area (TPSA) is 26.0 Å². The zero-order chi connectivity index (χ0) is 10.8. The Morgan fingerprint density at radius 1 is 1.36 bits per heavy atom. The van der Waals surface area contributed by atoms with E-state index in [2.05, 4.69) is 0 Å². The first-order valence-electron chi connectivity index (χ1n) is 4.38. The molecule has 0 saturated heterocycles. The Morgan fingerprint density at radius 2 is 2.00 bits per heavy atom. The van der Waals surface area contributed by atoms with E-state index in [0.717, 1.165) is 6.07 Å². The summed E-state index contributed by atoms with van der Waals surface area (Å²) >= 11 is 0. The van der Waals surface area contributed by atoms with Gasteiger partial charge in [0.2, 0.25) is 0 Å². The average Bonchev–Trinajstić information content (AvgIpc) is 2.18. The molecule has 0 aliphatic heterocycles. The van der Waals surface area contributed by atoms with E-state index in [1.54, 1.807) is 6.92 Å². The van der Waals surface area contributed by atoms with Crippen LogP contribution in [0, 0.1) is 5.82 Å². The summed E-state index contributed by atoms with van der Waals surface area (Å²) in [5.74, 6) is -4.12. The molecule has 0 aliphatic rings. The molecule has 0 aromatic heterocycles. The molecule has 0 aliphatic carbocycles. The van der Waals surface area contributed by atoms with Crippen LogP contribution in [0.3, 0.4) is 0 Å². The first-order valence-corrected chi connectivity index (χ1v) is 4.38. The molecule has 1 nitrogen and oxygen atoms in total. The molecule has 1 rings (SSSR count). The standard InChI is InChI=1S/C10H12F3N/c1-2-7-4-3-5-8(9(7)11)10(12,13)6-14/h3-5H,2,6,14H2,1H3. The van der Waals surface area contributed by atoms with Gasteiger partial charge in [-0.05, 0) is 12.0 Å². The highest BCUT2D eigenvalue weighted by molar-refractivity contribution is 5.29. The van der Waals surface area contributed by atoms with E-state index in [1.165, 1.54) is 12.1 Å². The molecule has 0 radical (unpaired) electrons. The highest BCUT2D eigenvalue weighted by Crippen LogP contribution is 2.30. The molecule has 0 bridgehead atoms. The number of nitrogens with two attached hydrogens (primary N) is 1. The summed E-state index contributed by atoms with van der Waals surface area (Å²) in [6, 6.07) is 3.98. The third-order valence-electron chi connectivity index (χ3n) is 2.11. The van der Waals surface area contributed by atoms with Gasteiger partial charge in [-0.1, -0.05) is 25.1 Å². The normalized spacial score (nSPS) is 11.8. The summed E-state index contributed by atoms with van der Waals surface area (Å²) < 4.78 is 39.6. The van der Waals surface area contributed by atoms with Crippen molar-refractivity contribution in [3.05, 3.63) is 35.1 Å². The fourth-order valence-electron chi connectivity index (χ4n) is 1.25. The van der Waals surface area contributed by atoms with Crippen molar-refractivity contribution >= 4 is 0 Å². The second-order valence-electron chi connectivity index (χ2n) is 3.04. The average molecular weight is 203 g/mol. The lowest BCUT2D eigenvalue weighted by atomic mass is 10.0. The van der Waals surface area contributed by atoms with Gasteiger partial charge in [0.1, 0.15) is 5.82 Å². The van der Waals surface area contributed by atoms with Crippen LogP contribution in [0.5, 0.6) is 0 Å². The predicted molar refractivity (Wildman–Crippen MR) is 48.7 cm³/mol. The predicted octanol–water partition coefficient (Wildman–Crippen LogP) is 2.44. The Labute approximate surface area is 80.7 Å². The van der Waals surface area contributed by atoms with Crippen molar-refractivity contribution in [1.29, 1.82) is 0 Å². The Kier molecular flexibility index (Phi) is 3.16. The van der Waals surface area contributed by atoms with E-state index in [4.69, 9.17) is 5.73 Å². The molecule has 0 unspecified atom stereocenters. The number of benzene rings is 1. The third-order valence-corrected chi connectivity index (χ3v) is 2.11. The van der Waals surface area contributed by atoms with Gasteiger partial charge in [-0.15, -0.1) is 0 Å².